The Balaban J connectivity index is 2.40. The minimum atomic E-state index is -0.222. The number of hydrogen-bond acceptors (Lipinski definition) is 2. The van der Waals surface area contributed by atoms with Crippen molar-refractivity contribution >= 4 is 17.5 Å². The maximum Gasteiger partial charge on any atom is 0.217 e. The first-order chi connectivity index (χ1) is 9.60. The average Bonchev–Trinajstić information content (AvgIpc) is 2.46. The minimum Gasteiger partial charge on any atom is -0.497 e. The quantitative estimate of drug-likeness (QED) is 0.934. The van der Waals surface area contributed by atoms with Gasteiger partial charge in [0.05, 0.1) is 13.2 Å². The number of halogens is 1. The third-order valence-electron chi connectivity index (χ3n) is 2.98. The molecule has 2 aromatic rings. The minimum absolute atomic E-state index is 0.0900. The van der Waals surface area contributed by atoms with Gasteiger partial charge in [-0.15, -0.1) is 0 Å². The zero-order chi connectivity index (χ0) is 14.5. The Kier molecular flexibility index (Phi) is 4.64. The fourth-order valence-corrected chi connectivity index (χ4v) is 2.16. The van der Waals surface area contributed by atoms with E-state index < -0.39 is 0 Å². The van der Waals surface area contributed by atoms with Crippen LogP contribution in [0.2, 0.25) is 5.02 Å². The standard InChI is InChI=1S/C16H16ClNO2/c1-11(19)18-16(12-6-8-14(17)9-7-12)13-4-3-5-15(10-13)20-2/h3-10,16H,1-2H3,(H,18,19). The van der Waals surface area contributed by atoms with Gasteiger partial charge in [-0.2, -0.15) is 0 Å². The Morgan fingerprint density at radius 3 is 2.45 bits per heavy atom. The first-order valence-corrected chi connectivity index (χ1v) is 6.64. The second-order valence-corrected chi connectivity index (χ2v) is 4.90. The Bertz CT molecular complexity index is 596. The number of ether oxygens (including phenoxy) is 1. The molecule has 0 aliphatic heterocycles. The van der Waals surface area contributed by atoms with Crippen LogP contribution in [0.4, 0.5) is 0 Å². The Morgan fingerprint density at radius 2 is 1.85 bits per heavy atom. The number of hydrogen-bond donors (Lipinski definition) is 1. The molecule has 0 saturated carbocycles. The molecule has 0 spiro atoms. The van der Waals surface area contributed by atoms with Crippen molar-refractivity contribution in [2.45, 2.75) is 13.0 Å². The predicted molar refractivity (Wildman–Crippen MR) is 80.1 cm³/mol. The van der Waals surface area contributed by atoms with Gasteiger partial charge >= 0.3 is 0 Å². The van der Waals surface area contributed by atoms with Gasteiger partial charge < -0.3 is 10.1 Å². The molecule has 0 aromatic heterocycles. The number of carbonyl (C=O) groups excluding carboxylic acids is 1. The lowest BCUT2D eigenvalue weighted by Crippen LogP contribution is -2.26. The summed E-state index contributed by atoms with van der Waals surface area (Å²) in [5.41, 5.74) is 1.93. The van der Waals surface area contributed by atoms with E-state index >= 15 is 0 Å². The highest BCUT2D eigenvalue weighted by molar-refractivity contribution is 6.30. The summed E-state index contributed by atoms with van der Waals surface area (Å²) in [5, 5.41) is 3.61. The molecule has 3 nitrogen and oxygen atoms in total. The SMILES string of the molecule is COc1cccc(C(NC(C)=O)c2ccc(Cl)cc2)c1. The lowest BCUT2D eigenvalue weighted by molar-refractivity contribution is -0.119. The molecule has 104 valence electrons. The summed E-state index contributed by atoms with van der Waals surface area (Å²) < 4.78 is 5.23. The molecule has 0 bridgehead atoms. The topological polar surface area (TPSA) is 38.3 Å². The van der Waals surface area contributed by atoms with Gasteiger partial charge in [0, 0.05) is 11.9 Å². The molecule has 0 radical (unpaired) electrons. The first kappa shape index (κ1) is 14.4. The van der Waals surface area contributed by atoms with E-state index in [1.165, 1.54) is 6.92 Å². The van der Waals surface area contributed by atoms with E-state index in [9.17, 15) is 4.79 Å². The van der Waals surface area contributed by atoms with Gasteiger partial charge in [-0.1, -0.05) is 35.9 Å². The van der Waals surface area contributed by atoms with Crippen LogP contribution in [0.1, 0.15) is 24.1 Å². The summed E-state index contributed by atoms with van der Waals surface area (Å²) >= 11 is 5.91. The average molecular weight is 290 g/mol. The molecule has 2 rings (SSSR count). The van der Waals surface area contributed by atoms with Crippen LogP contribution in [0, 0.1) is 0 Å². The monoisotopic (exact) mass is 289 g/mol. The number of amides is 1. The van der Waals surface area contributed by atoms with Gasteiger partial charge in [-0.05, 0) is 35.4 Å². The number of methoxy groups -OCH3 is 1. The Hall–Kier alpha value is -2.00. The normalized spacial score (nSPS) is 11.8. The summed E-state index contributed by atoms with van der Waals surface area (Å²) in [6.45, 7) is 1.50. The maximum atomic E-state index is 11.5. The summed E-state index contributed by atoms with van der Waals surface area (Å²) in [7, 11) is 1.62. The highest BCUT2D eigenvalue weighted by Gasteiger charge is 2.15. The van der Waals surface area contributed by atoms with Crippen molar-refractivity contribution in [3.05, 3.63) is 64.7 Å². The van der Waals surface area contributed by atoms with Crippen LogP contribution in [0.25, 0.3) is 0 Å². The van der Waals surface area contributed by atoms with Gasteiger partial charge in [-0.3, -0.25) is 4.79 Å². The Morgan fingerprint density at radius 1 is 1.15 bits per heavy atom. The van der Waals surface area contributed by atoms with E-state index in [4.69, 9.17) is 16.3 Å². The summed E-state index contributed by atoms with van der Waals surface area (Å²) in [6.07, 6.45) is 0. The van der Waals surface area contributed by atoms with Crippen LogP contribution < -0.4 is 10.1 Å². The van der Waals surface area contributed by atoms with Crippen LogP contribution in [0.15, 0.2) is 48.5 Å². The number of benzene rings is 2. The van der Waals surface area contributed by atoms with E-state index in [2.05, 4.69) is 5.32 Å². The molecule has 1 amide bonds. The molecule has 0 fully saturated rings. The predicted octanol–water partition coefficient (Wildman–Crippen LogP) is 3.57. The highest BCUT2D eigenvalue weighted by atomic mass is 35.5. The number of carbonyl (C=O) groups is 1. The van der Waals surface area contributed by atoms with Gasteiger partial charge in [0.1, 0.15) is 5.75 Å². The smallest absolute Gasteiger partial charge is 0.217 e. The fourth-order valence-electron chi connectivity index (χ4n) is 2.04. The first-order valence-electron chi connectivity index (χ1n) is 6.26. The molecule has 4 heteroatoms. The lowest BCUT2D eigenvalue weighted by Gasteiger charge is -2.19. The third-order valence-corrected chi connectivity index (χ3v) is 3.23. The molecular weight excluding hydrogens is 274 g/mol. The van der Waals surface area contributed by atoms with Crippen molar-refractivity contribution in [2.24, 2.45) is 0 Å². The van der Waals surface area contributed by atoms with E-state index in [0.29, 0.717) is 5.02 Å². The number of nitrogens with one attached hydrogen (secondary N) is 1. The van der Waals surface area contributed by atoms with E-state index in [1.807, 2.05) is 48.5 Å². The van der Waals surface area contributed by atoms with Crippen molar-refractivity contribution in [1.29, 1.82) is 0 Å². The molecular formula is C16H16ClNO2. The summed E-state index contributed by atoms with van der Waals surface area (Å²) in [4.78, 5) is 11.5. The third kappa shape index (κ3) is 3.52. The van der Waals surface area contributed by atoms with Gasteiger partial charge in [0.25, 0.3) is 0 Å². The van der Waals surface area contributed by atoms with Crippen molar-refractivity contribution in [2.75, 3.05) is 7.11 Å². The largest absolute Gasteiger partial charge is 0.497 e. The lowest BCUT2D eigenvalue weighted by atomic mass is 9.98. The molecule has 0 aliphatic carbocycles. The van der Waals surface area contributed by atoms with Gasteiger partial charge in [0.2, 0.25) is 5.91 Å². The number of rotatable bonds is 4. The van der Waals surface area contributed by atoms with Crippen LogP contribution in [-0.2, 0) is 4.79 Å². The second-order valence-electron chi connectivity index (χ2n) is 4.46. The molecule has 1 unspecified atom stereocenters. The molecule has 1 atom stereocenters. The van der Waals surface area contributed by atoms with Crippen LogP contribution in [0.5, 0.6) is 5.75 Å². The zero-order valence-corrected chi connectivity index (χ0v) is 12.1. The molecule has 0 heterocycles. The van der Waals surface area contributed by atoms with Crippen LogP contribution in [0.3, 0.4) is 0 Å². The van der Waals surface area contributed by atoms with E-state index in [-0.39, 0.29) is 11.9 Å². The fraction of sp³-hybridized carbons (Fsp3) is 0.188. The van der Waals surface area contributed by atoms with Crippen molar-refractivity contribution in [3.63, 3.8) is 0 Å². The van der Waals surface area contributed by atoms with Crippen LogP contribution in [-0.4, -0.2) is 13.0 Å². The van der Waals surface area contributed by atoms with Crippen molar-refractivity contribution < 1.29 is 9.53 Å². The molecule has 0 aliphatic rings. The maximum absolute atomic E-state index is 11.5. The zero-order valence-electron chi connectivity index (χ0n) is 11.4. The van der Waals surface area contributed by atoms with Gasteiger partial charge in [-0.25, -0.2) is 0 Å². The van der Waals surface area contributed by atoms with Crippen LogP contribution >= 0.6 is 11.6 Å². The highest BCUT2D eigenvalue weighted by Crippen LogP contribution is 2.26. The molecule has 20 heavy (non-hydrogen) atoms. The summed E-state index contributed by atoms with van der Waals surface area (Å²) in [5.74, 6) is 0.666. The Labute approximate surface area is 123 Å². The van der Waals surface area contributed by atoms with E-state index in [0.717, 1.165) is 16.9 Å². The van der Waals surface area contributed by atoms with E-state index in [1.54, 1.807) is 7.11 Å². The second kappa shape index (κ2) is 6.44. The van der Waals surface area contributed by atoms with Crippen molar-refractivity contribution in [3.8, 4) is 5.75 Å². The van der Waals surface area contributed by atoms with Gasteiger partial charge in [0.15, 0.2) is 0 Å². The van der Waals surface area contributed by atoms with Crippen molar-refractivity contribution in [1.82, 2.24) is 5.32 Å². The molecule has 0 saturated heterocycles. The molecule has 1 N–H and O–H groups in total. The summed E-state index contributed by atoms with van der Waals surface area (Å²) in [6, 6.07) is 14.9. The molecule has 2 aromatic carbocycles.